The Bertz CT molecular complexity index is 721. The third kappa shape index (κ3) is 5.72. The summed E-state index contributed by atoms with van der Waals surface area (Å²) in [5.41, 5.74) is 3.11. The first kappa shape index (κ1) is 17.5. The number of nitrogens with one attached hydrogen (secondary N) is 1. The topological polar surface area (TPSA) is 55.4 Å². The highest BCUT2D eigenvalue weighted by atomic mass is 16.5. The quantitative estimate of drug-likeness (QED) is 0.654. The standard InChI is InChI=1S/C20H21NO3/c1-15(2)24-20(23)14-21-19(22)12-11-16-7-6-10-18(13-16)17-8-4-3-5-9-17/h3-13,15H,14H2,1-2H3,(H,21,22)/b12-11+. The Labute approximate surface area is 142 Å². The van der Waals surface area contributed by atoms with E-state index in [4.69, 9.17) is 4.74 Å². The molecule has 0 aliphatic carbocycles. The van der Waals surface area contributed by atoms with E-state index in [9.17, 15) is 9.59 Å². The molecule has 0 fully saturated rings. The maximum atomic E-state index is 11.8. The minimum atomic E-state index is -0.446. The summed E-state index contributed by atoms with van der Waals surface area (Å²) in [6.07, 6.45) is 2.94. The second-order valence-electron chi connectivity index (χ2n) is 5.58. The first-order chi connectivity index (χ1) is 11.5. The van der Waals surface area contributed by atoms with Crippen molar-refractivity contribution < 1.29 is 14.3 Å². The predicted octanol–water partition coefficient (Wildman–Crippen LogP) is 3.43. The Kier molecular flexibility index (Phi) is 6.32. The van der Waals surface area contributed by atoms with Crippen molar-refractivity contribution >= 4 is 18.0 Å². The van der Waals surface area contributed by atoms with Crippen LogP contribution in [0.1, 0.15) is 19.4 Å². The zero-order valence-electron chi connectivity index (χ0n) is 13.9. The number of esters is 1. The monoisotopic (exact) mass is 323 g/mol. The van der Waals surface area contributed by atoms with Crippen molar-refractivity contribution in [2.75, 3.05) is 6.54 Å². The Morgan fingerprint density at radius 3 is 2.46 bits per heavy atom. The lowest BCUT2D eigenvalue weighted by Gasteiger charge is -2.07. The largest absolute Gasteiger partial charge is 0.462 e. The van der Waals surface area contributed by atoms with E-state index in [0.717, 1.165) is 16.7 Å². The molecule has 4 heteroatoms. The van der Waals surface area contributed by atoms with Crippen molar-refractivity contribution in [2.45, 2.75) is 20.0 Å². The maximum Gasteiger partial charge on any atom is 0.325 e. The fourth-order valence-corrected chi connectivity index (χ4v) is 2.15. The Hall–Kier alpha value is -2.88. The van der Waals surface area contributed by atoms with Crippen LogP contribution in [0.2, 0.25) is 0 Å². The number of carbonyl (C=O) groups excluding carboxylic acids is 2. The van der Waals surface area contributed by atoms with Crippen molar-refractivity contribution in [3.05, 3.63) is 66.2 Å². The lowest BCUT2D eigenvalue weighted by atomic mass is 10.0. The van der Waals surface area contributed by atoms with Crippen molar-refractivity contribution in [1.29, 1.82) is 0 Å². The van der Waals surface area contributed by atoms with E-state index in [1.165, 1.54) is 6.08 Å². The molecule has 1 N–H and O–H groups in total. The predicted molar refractivity (Wildman–Crippen MR) is 95.1 cm³/mol. The van der Waals surface area contributed by atoms with Gasteiger partial charge in [-0.1, -0.05) is 48.5 Å². The molecule has 0 aromatic heterocycles. The SMILES string of the molecule is CC(C)OC(=O)CNC(=O)/C=C/c1cccc(-c2ccccc2)c1. The van der Waals surface area contributed by atoms with Crippen LogP contribution in [0.3, 0.4) is 0 Å². The zero-order chi connectivity index (χ0) is 17.4. The van der Waals surface area contributed by atoms with Gasteiger partial charge < -0.3 is 10.1 Å². The van der Waals surface area contributed by atoms with Gasteiger partial charge in [0.1, 0.15) is 6.54 Å². The molecular weight excluding hydrogens is 302 g/mol. The third-order valence-corrected chi connectivity index (χ3v) is 3.20. The van der Waals surface area contributed by atoms with Crippen molar-refractivity contribution in [3.63, 3.8) is 0 Å². The van der Waals surface area contributed by atoms with E-state index in [0.29, 0.717) is 0 Å². The van der Waals surface area contributed by atoms with Gasteiger partial charge in [-0.2, -0.15) is 0 Å². The summed E-state index contributed by atoms with van der Waals surface area (Å²) >= 11 is 0. The van der Waals surface area contributed by atoms with Crippen LogP contribution in [0.25, 0.3) is 17.2 Å². The molecule has 0 radical (unpaired) electrons. The fourth-order valence-electron chi connectivity index (χ4n) is 2.15. The molecule has 0 aliphatic heterocycles. The molecule has 0 spiro atoms. The molecule has 0 bridgehead atoms. The van der Waals surface area contributed by atoms with E-state index in [1.807, 2.05) is 54.6 Å². The zero-order valence-corrected chi connectivity index (χ0v) is 13.9. The number of hydrogen-bond acceptors (Lipinski definition) is 3. The van der Waals surface area contributed by atoms with Crippen LogP contribution in [0.15, 0.2) is 60.7 Å². The normalized spacial score (nSPS) is 10.8. The van der Waals surface area contributed by atoms with Crippen LogP contribution in [0.5, 0.6) is 0 Å². The molecule has 0 aliphatic rings. The molecule has 2 rings (SSSR count). The molecule has 0 saturated heterocycles. The molecular formula is C20H21NO3. The molecule has 1 amide bonds. The van der Waals surface area contributed by atoms with Crippen LogP contribution in [0.4, 0.5) is 0 Å². The molecule has 0 heterocycles. The molecule has 0 atom stereocenters. The highest BCUT2D eigenvalue weighted by Crippen LogP contribution is 2.20. The average Bonchev–Trinajstić information content (AvgIpc) is 2.58. The second-order valence-corrected chi connectivity index (χ2v) is 5.58. The number of rotatable bonds is 6. The summed E-state index contributed by atoms with van der Waals surface area (Å²) in [6, 6.07) is 17.9. The molecule has 4 nitrogen and oxygen atoms in total. The van der Waals surface area contributed by atoms with Gasteiger partial charge in [-0.05, 0) is 42.7 Å². The average molecular weight is 323 g/mol. The number of amides is 1. The number of ether oxygens (including phenoxy) is 1. The second kappa shape index (κ2) is 8.67. The van der Waals surface area contributed by atoms with E-state index >= 15 is 0 Å². The first-order valence-electron chi connectivity index (χ1n) is 7.85. The van der Waals surface area contributed by atoms with E-state index < -0.39 is 5.97 Å². The molecule has 0 saturated carbocycles. The van der Waals surface area contributed by atoms with Crippen molar-refractivity contribution in [1.82, 2.24) is 5.32 Å². The van der Waals surface area contributed by atoms with E-state index in [2.05, 4.69) is 5.32 Å². The maximum absolute atomic E-state index is 11.8. The van der Waals surface area contributed by atoms with Crippen LogP contribution in [-0.2, 0) is 14.3 Å². The summed E-state index contributed by atoms with van der Waals surface area (Å²) in [5.74, 6) is -0.779. The lowest BCUT2D eigenvalue weighted by molar-refractivity contribution is -0.147. The van der Waals surface area contributed by atoms with Crippen LogP contribution >= 0.6 is 0 Å². The van der Waals surface area contributed by atoms with Gasteiger partial charge in [-0.25, -0.2) is 0 Å². The van der Waals surface area contributed by atoms with Crippen LogP contribution < -0.4 is 5.32 Å². The molecule has 2 aromatic carbocycles. The summed E-state index contributed by atoms with van der Waals surface area (Å²) in [4.78, 5) is 23.1. The minimum Gasteiger partial charge on any atom is -0.462 e. The molecule has 124 valence electrons. The summed E-state index contributed by atoms with van der Waals surface area (Å²) in [6.45, 7) is 3.39. The molecule has 24 heavy (non-hydrogen) atoms. The molecule has 2 aromatic rings. The third-order valence-electron chi connectivity index (χ3n) is 3.20. The summed E-state index contributed by atoms with van der Waals surface area (Å²) in [7, 11) is 0. The summed E-state index contributed by atoms with van der Waals surface area (Å²) < 4.78 is 4.95. The van der Waals surface area contributed by atoms with Gasteiger partial charge >= 0.3 is 5.97 Å². The van der Waals surface area contributed by atoms with Gasteiger partial charge in [-0.3, -0.25) is 9.59 Å². The molecule has 0 unspecified atom stereocenters. The number of carbonyl (C=O) groups is 2. The van der Waals surface area contributed by atoms with Gasteiger partial charge in [0.05, 0.1) is 6.10 Å². The van der Waals surface area contributed by atoms with Gasteiger partial charge in [0.25, 0.3) is 0 Å². The van der Waals surface area contributed by atoms with Gasteiger partial charge in [0, 0.05) is 6.08 Å². The van der Waals surface area contributed by atoms with E-state index in [-0.39, 0.29) is 18.6 Å². The van der Waals surface area contributed by atoms with Crippen LogP contribution in [-0.4, -0.2) is 24.5 Å². The van der Waals surface area contributed by atoms with Gasteiger partial charge in [-0.15, -0.1) is 0 Å². The summed E-state index contributed by atoms with van der Waals surface area (Å²) in [5, 5.41) is 2.50. The van der Waals surface area contributed by atoms with Gasteiger partial charge in [0.15, 0.2) is 0 Å². The highest BCUT2D eigenvalue weighted by molar-refractivity contribution is 5.93. The van der Waals surface area contributed by atoms with Crippen molar-refractivity contribution in [2.24, 2.45) is 0 Å². The Morgan fingerprint density at radius 2 is 1.75 bits per heavy atom. The number of benzene rings is 2. The van der Waals surface area contributed by atoms with Crippen molar-refractivity contribution in [3.8, 4) is 11.1 Å². The van der Waals surface area contributed by atoms with Gasteiger partial charge in [0.2, 0.25) is 5.91 Å². The number of hydrogen-bond donors (Lipinski definition) is 1. The Morgan fingerprint density at radius 1 is 1.04 bits per heavy atom. The highest BCUT2D eigenvalue weighted by Gasteiger charge is 2.06. The fraction of sp³-hybridized carbons (Fsp3) is 0.200. The minimum absolute atomic E-state index is 0.134. The lowest BCUT2D eigenvalue weighted by Crippen LogP contribution is -2.30. The van der Waals surface area contributed by atoms with E-state index in [1.54, 1.807) is 19.9 Å². The van der Waals surface area contributed by atoms with Crippen LogP contribution in [0, 0.1) is 0 Å². The smallest absolute Gasteiger partial charge is 0.325 e. The Balaban J connectivity index is 1.94. The first-order valence-corrected chi connectivity index (χ1v) is 7.85.